The quantitative estimate of drug-likeness (QED) is 0.0628. The van der Waals surface area contributed by atoms with Crippen LogP contribution in [0.25, 0.3) is 5.57 Å². The van der Waals surface area contributed by atoms with Gasteiger partial charge in [0.15, 0.2) is 5.71 Å². The molecule has 3 heterocycles. The molecule has 5 aliphatic rings. The molecular weight excluding hydrogens is 930 g/mol. The van der Waals surface area contributed by atoms with Gasteiger partial charge >= 0.3 is 88.7 Å². The summed E-state index contributed by atoms with van der Waals surface area (Å²) in [6, 6.07) is 21.6. The summed E-state index contributed by atoms with van der Waals surface area (Å²) in [5, 5.41) is 0. The first-order valence-electron chi connectivity index (χ1n) is 21.4. The Bertz CT molecular complexity index is 2940. The number of allylic oxidation sites excluding steroid dienone is 9. The van der Waals surface area contributed by atoms with Gasteiger partial charge in [-0.05, 0) is 103 Å². The van der Waals surface area contributed by atoms with Gasteiger partial charge in [0.1, 0.15) is 33.9 Å². The van der Waals surface area contributed by atoms with E-state index in [9.17, 15) is 38.9 Å². The average molecular weight is 981 g/mol. The standard InChI is InChI=1S/C48H54N2O10S3.3Na/c1-47(2)37-14-6-7-15-39(37)49(27-9-11-29-61(51,52)53)42(47)25-21-32-17-18-33-19-20-34(46-45(33)44(32)36-13-5-8-16-41(36)60-46)22-26-43-48(3,4)38-31-35(63(57,58)59)23-24-40(38)50(43)28-10-12-30-62(54,55)56;;;/h5,7-8,13-16,21-26,31,33H,9-12,17-20,27-30H2,1-4H3,(H,51,52,53)(H,54,55,56)(H,57,58,59);;;/q;3*+1/p-3. The Morgan fingerprint density at radius 1 is 0.803 bits per heavy atom. The number of fused-ring (bicyclic) bond motifs is 4. The van der Waals surface area contributed by atoms with Crippen molar-refractivity contribution < 1.29 is 137 Å². The fraction of sp³-hybridized carbons (Fsp3) is 0.396. The molecule has 3 aromatic carbocycles. The van der Waals surface area contributed by atoms with Gasteiger partial charge in [-0.25, -0.2) is 29.8 Å². The van der Waals surface area contributed by atoms with Gasteiger partial charge in [-0.3, -0.25) is 0 Å². The number of anilines is 1. The van der Waals surface area contributed by atoms with Gasteiger partial charge in [-0.1, -0.05) is 63.6 Å². The zero-order valence-corrected chi connectivity index (χ0v) is 47.3. The smallest absolute Gasteiger partial charge is 0.748 e. The van der Waals surface area contributed by atoms with E-state index in [-0.39, 0.29) is 118 Å². The van der Waals surface area contributed by atoms with Crippen LogP contribution in [-0.2, 0) is 41.2 Å². The second-order valence-electron chi connectivity index (χ2n) is 18.0. The van der Waals surface area contributed by atoms with Crippen LogP contribution >= 0.6 is 0 Å². The molecule has 0 bridgehead atoms. The van der Waals surface area contributed by atoms with Crippen LogP contribution in [0.4, 0.5) is 11.4 Å². The Balaban J connectivity index is 0.00000272. The van der Waals surface area contributed by atoms with Crippen molar-refractivity contribution in [3.8, 4) is 5.75 Å². The van der Waals surface area contributed by atoms with Crippen molar-refractivity contribution in [3.05, 3.63) is 136 Å². The fourth-order valence-corrected chi connectivity index (χ4v) is 11.7. The molecule has 3 aliphatic heterocycles. The molecule has 12 nitrogen and oxygen atoms in total. The number of rotatable bonds is 14. The third-order valence-electron chi connectivity index (χ3n) is 13.3. The zero-order chi connectivity index (χ0) is 45.1. The molecule has 0 radical (unpaired) electrons. The molecule has 334 valence electrons. The molecule has 0 saturated carbocycles. The molecule has 3 aromatic rings. The van der Waals surface area contributed by atoms with Crippen molar-refractivity contribution in [3.63, 3.8) is 0 Å². The Labute approximate surface area is 456 Å². The van der Waals surface area contributed by atoms with E-state index >= 15 is 0 Å². The molecule has 0 fully saturated rings. The molecule has 0 amide bonds. The first kappa shape index (κ1) is 55.3. The Kier molecular flexibility index (Phi) is 17.9. The van der Waals surface area contributed by atoms with Crippen LogP contribution in [0.3, 0.4) is 0 Å². The van der Waals surface area contributed by atoms with E-state index in [1.54, 1.807) is 6.07 Å². The molecule has 2 aliphatic carbocycles. The summed E-state index contributed by atoms with van der Waals surface area (Å²) < 4.78 is 114. The number of benzene rings is 3. The van der Waals surface area contributed by atoms with Crippen molar-refractivity contribution in [2.45, 2.75) is 94.8 Å². The molecule has 0 aromatic heterocycles. The van der Waals surface area contributed by atoms with Gasteiger partial charge in [0.25, 0.3) is 0 Å². The zero-order valence-electron chi connectivity index (χ0n) is 38.8. The van der Waals surface area contributed by atoms with Crippen LogP contribution in [0.2, 0.25) is 0 Å². The van der Waals surface area contributed by atoms with E-state index in [1.165, 1.54) is 17.7 Å². The maximum Gasteiger partial charge on any atom is 1.00 e. The summed E-state index contributed by atoms with van der Waals surface area (Å²) in [4.78, 5) is 1.69. The van der Waals surface area contributed by atoms with Gasteiger partial charge < -0.3 is 23.3 Å². The summed E-state index contributed by atoms with van der Waals surface area (Å²) in [6.07, 6.45) is 13.3. The van der Waals surface area contributed by atoms with Crippen LogP contribution in [0.15, 0.2) is 118 Å². The maximum absolute atomic E-state index is 12.1. The van der Waals surface area contributed by atoms with E-state index in [0.717, 1.165) is 82.1 Å². The molecule has 1 atom stereocenters. The van der Waals surface area contributed by atoms with Crippen molar-refractivity contribution in [1.82, 2.24) is 0 Å². The maximum atomic E-state index is 12.1. The summed E-state index contributed by atoms with van der Waals surface area (Å²) in [7, 11) is -13.4. The van der Waals surface area contributed by atoms with Crippen LogP contribution < -0.4 is 98.3 Å². The minimum atomic E-state index is -4.73. The molecule has 18 heteroatoms. The van der Waals surface area contributed by atoms with Crippen molar-refractivity contribution >= 4 is 53.0 Å². The number of para-hydroxylation sites is 1. The summed E-state index contributed by atoms with van der Waals surface area (Å²) in [5.74, 6) is 0.945. The van der Waals surface area contributed by atoms with E-state index in [2.05, 4.69) is 48.8 Å². The predicted molar refractivity (Wildman–Crippen MR) is 239 cm³/mol. The topological polar surface area (TPSA) is 187 Å². The van der Waals surface area contributed by atoms with Gasteiger partial charge in [-0.2, -0.15) is 18.2 Å². The molecule has 8 rings (SSSR count). The number of ether oxygens (including phenoxy) is 1. The van der Waals surface area contributed by atoms with E-state index in [4.69, 9.17) is 4.74 Å². The molecule has 0 N–H and O–H groups in total. The number of nitrogens with zero attached hydrogens (tertiary/aromatic N) is 2. The van der Waals surface area contributed by atoms with Gasteiger partial charge in [0, 0.05) is 63.9 Å². The fourth-order valence-electron chi connectivity index (χ4n) is 10.1. The van der Waals surface area contributed by atoms with E-state index in [0.29, 0.717) is 37.2 Å². The third kappa shape index (κ3) is 11.4. The Hall–Kier alpha value is -1.64. The summed E-state index contributed by atoms with van der Waals surface area (Å²) in [5.41, 5.74) is 9.84. The van der Waals surface area contributed by atoms with Crippen molar-refractivity contribution in [2.24, 2.45) is 5.92 Å². The minimum absolute atomic E-state index is 0. The largest absolute Gasteiger partial charge is 1.00 e. The molecule has 1 unspecified atom stereocenters. The summed E-state index contributed by atoms with van der Waals surface area (Å²) in [6.45, 7) is 9.21. The van der Waals surface area contributed by atoms with Crippen LogP contribution in [0.5, 0.6) is 5.75 Å². The summed E-state index contributed by atoms with van der Waals surface area (Å²) >= 11 is 0. The first-order chi connectivity index (χ1) is 29.6. The monoisotopic (exact) mass is 980 g/mol. The minimum Gasteiger partial charge on any atom is -0.748 e. The van der Waals surface area contributed by atoms with Gasteiger partial charge in [0.05, 0.1) is 25.1 Å². The molecule has 0 spiro atoms. The number of unbranched alkanes of at least 4 members (excludes halogenated alkanes) is 2. The number of hydrogen-bond acceptors (Lipinski definition) is 11. The van der Waals surface area contributed by atoms with E-state index < -0.39 is 47.3 Å². The van der Waals surface area contributed by atoms with Gasteiger partial charge in [0.2, 0.25) is 0 Å². The average Bonchev–Trinajstić information content (AvgIpc) is 3.56. The third-order valence-corrected chi connectivity index (χ3v) is 15.7. The molecule has 66 heavy (non-hydrogen) atoms. The second-order valence-corrected chi connectivity index (χ2v) is 22.5. The first-order valence-corrected chi connectivity index (χ1v) is 26.0. The SMILES string of the molecule is CC1(C)C(/C=C/C2=C3C4=C(Oc5ccccc53)/C(=C/C=C3/N(CCCCS(=O)(=O)[O-])c5ccc(S(=O)(=O)[O-])cc5C3(C)C)CCC4CC2)=[N+](CCCCS(=O)(=O)[O-])c2cc[c-]cc21.[Na+].[Na+].[Na+]. The van der Waals surface area contributed by atoms with Crippen LogP contribution in [-0.4, -0.2) is 73.8 Å². The van der Waals surface area contributed by atoms with E-state index in [1.807, 2.05) is 61.2 Å². The Morgan fingerprint density at radius 3 is 2.18 bits per heavy atom. The molecule has 0 saturated heterocycles. The van der Waals surface area contributed by atoms with Crippen molar-refractivity contribution in [2.75, 3.05) is 29.5 Å². The number of hydrogen-bond donors (Lipinski definition) is 0. The normalized spacial score (nSPS) is 20.6. The van der Waals surface area contributed by atoms with Crippen LogP contribution in [0, 0.1) is 12.0 Å². The Morgan fingerprint density at radius 2 is 1.48 bits per heavy atom. The molecular formula is C48H51N2Na3O10S3. The predicted octanol–water partition coefficient (Wildman–Crippen LogP) is -1.10. The van der Waals surface area contributed by atoms with Crippen molar-refractivity contribution in [1.29, 1.82) is 0 Å². The second kappa shape index (κ2) is 21.4. The van der Waals surface area contributed by atoms with Gasteiger partial charge in [-0.15, -0.1) is 6.07 Å². The van der Waals surface area contributed by atoms with Crippen LogP contribution in [0.1, 0.15) is 95.8 Å².